The maximum absolute atomic E-state index is 13.8. The molecule has 37 heavy (non-hydrogen) atoms. The minimum absolute atomic E-state index is 0.135. The molecular formula is C32H43N3OS. The van der Waals surface area contributed by atoms with Crippen LogP contribution in [-0.2, 0) is 10.2 Å². The number of amidine groups is 1. The van der Waals surface area contributed by atoms with Gasteiger partial charge in [-0.15, -0.1) is 0 Å². The number of rotatable bonds is 4. The molecule has 198 valence electrons. The van der Waals surface area contributed by atoms with Crippen molar-refractivity contribution in [1.82, 2.24) is 9.47 Å². The van der Waals surface area contributed by atoms with Crippen LogP contribution in [0.3, 0.4) is 0 Å². The first-order valence-corrected chi connectivity index (χ1v) is 15.1. The number of benzene rings is 1. The molecule has 1 aromatic carbocycles. The van der Waals surface area contributed by atoms with Crippen molar-refractivity contribution in [2.24, 2.45) is 4.99 Å². The highest BCUT2D eigenvalue weighted by Crippen LogP contribution is 2.39. The van der Waals surface area contributed by atoms with Crippen LogP contribution in [0, 0.1) is 13.8 Å². The molecule has 3 fully saturated rings. The van der Waals surface area contributed by atoms with Crippen LogP contribution in [-0.4, -0.2) is 32.6 Å². The molecule has 0 spiro atoms. The van der Waals surface area contributed by atoms with Gasteiger partial charge in [0.1, 0.15) is 0 Å². The van der Waals surface area contributed by atoms with Crippen LogP contribution >= 0.6 is 11.8 Å². The van der Waals surface area contributed by atoms with Crippen molar-refractivity contribution >= 4 is 28.9 Å². The minimum Gasteiger partial charge on any atom is -0.318 e. The second-order valence-corrected chi connectivity index (χ2v) is 13.2. The molecule has 2 aromatic rings. The van der Waals surface area contributed by atoms with Crippen LogP contribution in [0.2, 0.25) is 0 Å². The number of hydrogen-bond donors (Lipinski definition) is 0. The lowest BCUT2D eigenvalue weighted by Gasteiger charge is -2.31. The highest BCUT2D eigenvalue weighted by molar-refractivity contribution is 8.18. The number of aromatic nitrogens is 1. The summed E-state index contributed by atoms with van der Waals surface area (Å²) in [5, 5.41) is 0.960. The highest BCUT2D eigenvalue weighted by Gasteiger charge is 2.39. The van der Waals surface area contributed by atoms with E-state index in [4.69, 9.17) is 4.99 Å². The molecule has 0 unspecified atom stereocenters. The zero-order valence-corrected chi connectivity index (χ0v) is 24.2. The number of aliphatic imine (C=N–C) groups is 1. The highest BCUT2D eigenvalue weighted by atomic mass is 32.2. The van der Waals surface area contributed by atoms with Crippen molar-refractivity contribution in [1.29, 1.82) is 0 Å². The van der Waals surface area contributed by atoms with Crippen molar-refractivity contribution < 1.29 is 4.79 Å². The van der Waals surface area contributed by atoms with Gasteiger partial charge >= 0.3 is 0 Å². The van der Waals surface area contributed by atoms with Crippen LogP contribution in [0.5, 0.6) is 0 Å². The maximum atomic E-state index is 13.8. The lowest BCUT2D eigenvalue weighted by atomic mass is 9.87. The van der Waals surface area contributed by atoms with E-state index < -0.39 is 0 Å². The topological polar surface area (TPSA) is 37.6 Å². The van der Waals surface area contributed by atoms with E-state index in [1.165, 1.54) is 61.2 Å². The molecule has 0 bridgehead atoms. The smallest absolute Gasteiger partial charge is 0.267 e. The molecular weight excluding hydrogens is 474 g/mol. The molecule has 1 amide bonds. The Morgan fingerprint density at radius 1 is 0.919 bits per heavy atom. The van der Waals surface area contributed by atoms with Gasteiger partial charge in [-0.1, -0.05) is 71.4 Å². The van der Waals surface area contributed by atoms with E-state index in [0.29, 0.717) is 12.1 Å². The van der Waals surface area contributed by atoms with Crippen molar-refractivity contribution in [2.75, 3.05) is 0 Å². The average Bonchev–Trinajstić information content (AvgIpc) is 3.34. The summed E-state index contributed by atoms with van der Waals surface area (Å²) in [6.07, 6.45) is 14.2. The summed E-state index contributed by atoms with van der Waals surface area (Å²) in [7, 11) is 0. The second-order valence-electron chi connectivity index (χ2n) is 12.2. The van der Waals surface area contributed by atoms with Gasteiger partial charge in [0, 0.05) is 23.1 Å². The van der Waals surface area contributed by atoms with E-state index in [0.717, 1.165) is 41.3 Å². The van der Waals surface area contributed by atoms with Gasteiger partial charge in [-0.25, -0.2) is 0 Å². The Labute approximate surface area is 227 Å². The first-order chi connectivity index (χ1) is 17.7. The predicted octanol–water partition coefficient (Wildman–Crippen LogP) is 8.33. The van der Waals surface area contributed by atoms with Gasteiger partial charge in [0.05, 0.1) is 10.9 Å². The fourth-order valence-electron chi connectivity index (χ4n) is 6.19. The zero-order valence-electron chi connectivity index (χ0n) is 23.3. The monoisotopic (exact) mass is 517 g/mol. The molecule has 3 aliphatic rings. The van der Waals surface area contributed by atoms with Crippen molar-refractivity contribution in [3.05, 3.63) is 57.8 Å². The Bertz CT molecular complexity index is 1190. The number of hydrogen-bond acceptors (Lipinski definition) is 3. The van der Waals surface area contributed by atoms with Gasteiger partial charge in [0.25, 0.3) is 5.91 Å². The number of carbonyl (C=O) groups is 1. The first-order valence-electron chi connectivity index (χ1n) is 14.3. The third kappa shape index (κ3) is 5.62. The first kappa shape index (κ1) is 26.3. The van der Waals surface area contributed by atoms with Crippen LogP contribution in [0.25, 0.3) is 11.8 Å². The summed E-state index contributed by atoms with van der Waals surface area (Å²) in [5.41, 5.74) is 6.11. The summed E-state index contributed by atoms with van der Waals surface area (Å²) in [6, 6.07) is 11.8. The summed E-state index contributed by atoms with van der Waals surface area (Å²) in [5.74, 6) is 0.158. The lowest BCUT2D eigenvalue weighted by Crippen LogP contribution is -2.41. The molecule has 2 saturated carbocycles. The van der Waals surface area contributed by atoms with Gasteiger partial charge < -0.3 is 4.57 Å². The normalized spacial score (nSPS) is 22.5. The molecule has 1 aromatic heterocycles. The van der Waals surface area contributed by atoms with E-state index in [9.17, 15) is 4.79 Å². The second kappa shape index (κ2) is 10.8. The molecule has 5 heteroatoms. The number of amides is 1. The SMILES string of the molecule is Cc1cc(C=C2SC(=NC3CCCCC3)N(C3CCCCC3)C2=O)c(C)n1-c1ccc(C(C)(C)C)cc1. The molecule has 2 heterocycles. The summed E-state index contributed by atoms with van der Waals surface area (Å²) >= 11 is 1.61. The van der Waals surface area contributed by atoms with Crippen molar-refractivity contribution in [3.63, 3.8) is 0 Å². The average molecular weight is 518 g/mol. The third-order valence-electron chi connectivity index (χ3n) is 8.39. The third-order valence-corrected chi connectivity index (χ3v) is 9.39. The number of nitrogens with zero attached hydrogens (tertiary/aromatic N) is 3. The molecule has 4 nitrogen and oxygen atoms in total. The maximum Gasteiger partial charge on any atom is 0.267 e. The predicted molar refractivity (Wildman–Crippen MR) is 158 cm³/mol. The van der Waals surface area contributed by atoms with Crippen molar-refractivity contribution in [2.45, 2.75) is 116 Å². The summed E-state index contributed by atoms with van der Waals surface area (Å²) in [4.78, 5) is 21.9. The van der Waals surface area contributed by atoms with E-state index in [2.05, 4.69) is 80.5 Å². The van der Waals surface area contributed by atoms with E-state index in [-0.39, 0.29) is 11.3 Å². The van der Waals surface area contributed by atoms with Crippen LogP contribution in [0.1, 0.15) is 107 Å². The zero-order chi connectivity index (χ0) is 26.2. The standard InChI is InChI=1S/C32H43N3OS/c1-22-20-24(23(2)34(22)28-18-16-25(17-19-28)32(3,4)5)21-29-30(36)35(27-14-10-7-11-15-27)31(37-29)33-26-12-8-6-9-13-26/h16-21,26-27H,6-15H2,1-5H3. The van der Waals surface area contributed by atoms with Crippen molar-refractivity contribution in [3.8, 4) is 5.69 Å². The quantitative estimate of drug-likeness (QED) is 0.382. The fourth-order valence-corrected chi connectivity index (χ4v) is 7.29. The number of thioether (sulfide) groups is 1. The minimum atomic E-state index is 0.135. The van der Waals surface area contributed by atoms with Gasteiger partial charge in [0.15, 0.2) is 5.17 Å². The van der Waals surface area contributed by atoms with Crippen LogP contribution in [0.4, 0.5) is 0 Å². The Hall–Kier alpha value is -2.27. The molecule has 0 radical (unpaired) electrons. The Morgan fingerprint density at radius 2 is 1.54 bits per heavy atom. The molecule has 5 rings (SSSR count). The van der Waals surface area contributed by atoms with Gasteiger partial charge in [0.2, 0.25) is 0 Å². The van der Waals surface area contributed by atoms with E-state index >= 15 is 0 Å². The fraction of sp³-hybridized carbons (Fsp3) is 0.562. The molecule has 0 N–H and O–H groups in total. The number of carbonyl (C=O) groups excluding carboxylic acids is 1. The Morgan fingerprint density at radius 3 is 2.16 bits per heavy atom. The lowest BCUT2D eigenvalue weighted by molar-refractivity contribution is -0.124. The largest absolute Gasteiger partial charge is 0.318 e. The van der Waals surface area contributed by atoms with E-state index in [1.54, 1.807) is 11.8 Å². The number of aryl methyl sites for hydroxylation is 1. The molecule has 1 saturated heterocycles. The van der Waals surface area contributed by atoms with Gasteiger partial charge in [-0.3, -0.25) is 14.7 Å². The summed E-state index contributed by atoms with van der Waals surface area (Å²) in [6.45, 7) is 11.1. The van der Waals surface area contributed by atoms with Gasteiger partial charge in [-0.2, -0.15) is 0 Å². The molecule has 2 aliphatic carbocycles. The van der Waals surface area contributed by atoms with Crippen LogP contribution < -0.4 is 0 Å². The Balaban J connectivity index is 1.46. The molecule has 1 aliphatic heterocycles. The van der Waals surface area contributed by atoms with Gasteiger partial charge in [-0.05, 0) is 92.1 Å². The summed E-state index contributed by atoms with van der Waals surface area (Å²) < 4.78 is 2.30. The Kier molecular flexibility index (Phi) is 7.72. The van der Waals surface area contributed by atoms with E-state index in [1.807, 2.05) is 0 Å². The molecule has 0 atom stereocenters. The van der Waals surface area contributed by atoms with Crippen LogP contribution in [0.15, 0.2) is 40.2 Å².